The maximum absolute atomic E-state index is 12.8. The molecule has 378 valence electrons. The third-order valence-corrected chi connectivity index (χ3v) is 11.0. The molecule has 1 atom stereocenters. The molecule has 0 aliphatic rings. The molecule has 0 amide bonds. The van der Waals surface area contributed by atoms with Crippen molar-refractivity contribution in [3.63, 3.8) is 0 Å². The van der Waals surface area contributed by atoms with E-state index in [1.807, 2.05) is 24.3 Å². The molecule has 0 saturated heterocycles. The van der Waals surface area contributed by atoms with E-state index in [1.165, 1.54) is 57.8 Å². The Labute approximate surface area is 412 Å². The number of ether oxygens (including phenoxy) is 3. The van der Waals surface area contributed by atoms with Crippen molar-refractivity contribution in [1.82, 2.24) is 0 Å². The lowest BCUT2D eigenvalue weighted by molar-refractivity contribution is -0.167. The van der Waals surface area contributed by atoms with Crippen LogP contribution in [0.4, 0.5) is 0 Å². The highest BCUT2D eigenvalue weighted by atomic mass is 16.6. The summed E-state index contributed by atoms with van der Waals surface area (Å²) in [5.74, 6) is -0.963. The van der Waals surface area contributed by atoms with E-state index >= 15 is 0 Å². The van der Waals surface area contributed by atoms with Gasteiger partial charge in [-0.2, -0.15) is 0 Å². The maximum atomic E-state index is 12.8. The van der Waals surface area contributed by atoms with Crippen molar-refractivity contribution in [2.45, 2.75) is 232 Å². The lowest BCUT2D eigenvalue weighted by Gasteiger charge is -2.18. The Hall–Kier alpha value is -4.19. The highest BCUT2D eigenvalue weighted by Gasteiger charge is 2.19. The highest BCUT2D eigenvalue weighted by Crippen LogP contribution is 2.13. The second kappa shape index (κ2) is 54.4. The minimum atomic E-state index is -0.806. The number of hydrogen-bond acceptors (Lipinski definition) is 6. The van der Waals surface area contributed by atoms with Crippen LogP contribution < -0.4 is 0 Å². The van der Waals surface area contributed by atoms with Gasteiger partial charge in [-0.1, -0.05) is 226 Å². The average molecular weight is 927 g/mol. The standard InChI is InChI=1S/C61H98O6/c1-4-7-10-13-16-19-22-25-28-30-32-33-36-39-42-45-48-51-54-60(63)66-57-58(56-65-59(62)53-50-47-44-41-38-35-27-24-21-18-15-12-9-6-3)67-61(64)55-52-49-46-43-40-37-34-31-29-26-23-20-17-14-11-8-5-2/h9-10,12-13,16-22,25-30,32-33,35,58H,4-8,11,14-15,23-24,31,34,36-57H2,1-3H3/b12-9-,13-10-,19-16-,20-17-,21-18-,25-22-,29-26-,30-28-,33-32-,35-27-. The smallest absolute Gasteiger partial charge is 0.306 e. The SMILES string of the molecule is CC/C=C\C/C=C\C/C=C\CCCCCCC(=O)OCC(COC(=O)CCCCCCC\C=C/C=C\C=C/C=C\C=C/CCC)OC(=O)CCCCCCCCC/C=C\C/C=C\CCCCC. The quantitative estimate of drug-likeness (QED) is 0.0199. The molecule has 0 aromatic carbocycles. The van der Waals surface area contributed by atoms with Gasteiger partial charge in [-0.3, -0.25) is 14.4 Å². The second-order valence-electron chi connectivity index (χ2n) is 17.5. The lowest BCUT2D eigenvalue weighted by atomic mass is 10.1. The highest BCUT2D eigenvalue weighted by molar-refractivity contribution is 5.71. The molecule has 0 fully saturated rings. The molecule has 0 aliphatic carbocycles. The molecular weight excluding hydrogens is 829 g/mol. The van der Waals surface area contributed by atoms with Gasteiger partial charge in [0.15, 0.2) is 6.10 Å². The second-order valence-corrected chi connectivity index (χ2v) is 17.5. The molecule has 0 aromatic rings. The van der Waals surface area contributed by atoms with Gasteiger partial charge in [0.2, 0.25) is 0 Å². The first-order valence-corrected chi connectivity index (χ1v) is 27.1. The largest absolute Gasteiger partial charge is 0.462 e. The Balaban J connectivity index is 4.51. The van der Waals surface area contributed by atoms with Crippen LogP contribution in [0, 0.1) is 0 Å². The number of hydrogen-bond donors (Lipinski definition) is 0. The van der Waals surface area contributed by atoms with Crippen LogP contribution in [-0.4, -0.2) is 37.2 Å². The molecule has 0 saturated carbocycles. The molecule has 0 radical (unpaired) electrons. The summed E-state index contributed by atoms with van der Waals surface area (Å²) in [6.07, 6.45) is 74.6. The summed E-state index contributed by atoms with van der Waals surface area (Å²) in [4.78, 5) is 38.1. The van der Waals surface area contributed by atoms with Crippen molar-refractivity contribution in [3.8, 4) is 0 Å². The van der Waals surface area contributed by atoms with E-state index < -0.39 is 6.10 Å². The molecule has 0 bridgehead atoms. The summed E-state index contributed by atoms with van der Waals surface area (Å²) >= 11 is 0. The molecule has 0 aliphatic heterocycles. The summed E-state index contributed by atoms with van der Waals surface area (Å²) < 4.78 is 16.8. The summed E-state index contributed by atoms with van der Waals surface area (Å²) in [7, 11) is 0. The topological polar surface area (TPSA) is 78.9 Å². The van der Waals surface area contributed by atoms with Gasteiger partial charge < -0.3 is 14.2 Å². The first-order valence-electron chi connectivity index (χ1n) is 27.1. The zero-order valence-electron chi connectivity index (χ0n) is 43.1. The maximum Gasteiger partial charge on any atom is 0.306 e. The van der Waals surface area contributed by atoms with E-state index in [0.29, 0.717) is 19.3 Å². The Kier molecular flexibility index (Phi) is 51.0. The molecule has 6 heteroatoms. The van der Waals surface area contributed by atoms with Crippen molar-refractivity contribution in [2.75, 3.05) is 13.2 Å². The van der Waals surface area contributed by atoms with Crippen LogP contribution in [-0.2, 0) is 28.6 Å². The van der Waals surface area contributed by atoms with E-state index in [4.69, 9.17) is 14.2 Å². The van der Waals surface area contributed by atoms with Crippen LogP contribution >= 0.6 is 0 Å². The number of unbranched alkanes of at least 4 members (excludes halogenated alkanes) is 20. The predicted molar refractivity (Wildman–Crippen MR) is 288 cm³/mol. The van der Waals surface area contributed by atoms with Gasteiger partial charge in [0, 0.05) is 19.3 Å². The molecule has 0 heterocycles. The van der Waals surface area contributed by atoms with Gasteiger partial charge in [0.1, 0.15) is 13.2 Å². The van der Waals surface area contributed by atoms with E-state index in [2.05, 4.69) is 118 Å². The Bertz CT molecular complexity index is 1440. The molecule has 0 rings (SSSR count). The van der Waals surface area contributed by atoms with Crippen LogP contribution in [0.15, 0.2) is 122 Å². The van der Waals surface area contributed by atoms with Gasteiger partial charge in [-0.25, -0.2) is 0 Å². The molecule has 0 spiro atoms. The van der Waals surface area contributed by atoms with Crippen molar-refractivity contribution in [2.24, 2.45) is 0 Å². The van der Waals surface area contributed by atoms with Crippen LogP contribution in [0.5, 0.6) is 0 Å². The molecule has 0 N–H and O–H groups in total. The Morgan fingerprint density at radius 1 is 0.328 bits per heavy atom. The molecular formula is C61H98O6. The van der Waals surface area contributed by atoms with Crippen molar-refractivity contribution >= 4 is 17.9 Å². The Morgan fingerprint density at radius 2 is 0.672 bits per heavy atom. The van der Waals surface area contributed by atoms with Gasteiger partial charge in [0.05, 0.1) is 0 Å². The van der Waals surface area contributed by atoms with E-state index in [0.717, 1.165) is 128 Å². The van der Waals surface area contributed by atoms with E-state index in [9.17, 15) is 14.4 Å². The van der Waals surface area contributed by atoms with Crippen molar-refractivity contribution in [3.05, 3.63) is 122 Å². The fraction of sp³-hybridized carbons (Fsp3) is 0.623. The van der Waals surface area contributed by atoms with Gasteiger partial charge in [-0.15, -0.1) is 0 Å². The zero-order chi connectivity index (χ0) is 48.6. The van der Waals surface area contributed by atoms with Crippen molar-refractivity contribution in [1.29, 1.82) is 0 Å². The number of carbonyl (C=O) groups is 3. The van der Waals surface area contributed by atoms with Crippen LogP contribution in [0.2, 0.25) is 0 Å². The summed E-state index contributed by atoms with van der Waals surface area (Å²) in [6.45, 7) is 6.35. The van der Waals surface area contributed by atoms with E-state index in [1.54, 1.807) is 0 Å². The fourth-order valence-corrected chi connectivity index (χ4v) is 6.99. The number of carbonyl (C=O) groups excluding carboxylic acids is 3. The first-order chi connectivity index (χ1) is 33.0. The number of rotatable bonds is 47. The van der Waals surface area contributed by atoms with Crippen LogP contribution in [0.1, 0.15) is 226 Å². The number of allylic oxidation sites excluding steroid dienone is 20. The van der Waals surface area contributed by atoms with Gasteiger partial charge >= 0.3 is 17.9 Å². The van der Waals surface area contributed by atoms with Crippen LogP contribution in [0.25, 0.3) is 0 Å². The molecule has 1 unspecified atom stereocenters. The molecule has 6 nitrogen and oxygen atoms in total. The van der Waals surface area contributed by atoms with Gasteiger partial charge in [0.25, 0.3) is 0 Å². The summed E-state index contributed by atoms with van der Waals surface area (Å²) in [6, 6.07) is 0. The van der Waals surface area contributed by atoms with E-state index in [-0.39, 0.29) is 31.1 Å². The first kappa shape index (κ1) is 62.8. The third kappa shape index (κ3) is 52.6. The molecule has 67 heavy (non-hydrogen) atoms. The monoisotopic (exact) mass is 927 g/mol. The summed E-state index contributed by atoms with van der Waals surface area (Å²) in [5.41, 5.74) is 0. The minimum Gasteiger partial charge on any atom is -0.462 e. The number of esters is 3. The van der Waals surface area contributed by atoms with Crippen LogP contribution in [0.3, 0.4) is 0 Å². The lowest BCUT2D eigenvalue weighted by Crippen LogP contribution is -2.30. The third-order valence-electron chi connectivity index (χ3n) is 11.0. The predicted octanol–water partition coefficient (Wildman–Crippen LogP) is 18.1. The average Bonchev–Trinajstić information content (AvgIpc) is 3.33. The molecule has 0 aromatic heterocycles. The minimum absolute atomic E-state index is 0.105. The van der Waals surface area contributed by atoms with Crippen molar-refractivity contribution < 1.29 is 28.6 Å². The van der Waals surface area contributed by atoms with Gasteiger partial charge in [-0.05, 0) is 103 Å². The summed E-state index contributed by atoms with van der Waals surface area (Å²) in [5, 5.41) is 0. The Morgan fingerprint density at radius 3 is 1.10 bits per heavy atom. The zero-order valence-corrected chi connectivity index (χ0v) is 43.1. The fourth-order valence-electron chi connectivity index (χ4n) is 6.99. The normalized spacial score (nSPS) is 13.1.